The second-order valence-electron chi connectivity index (χ2n) is 6.56. The van der Waals surface area contributed by atoms with Crippen molar-refractivity contribution in [2.75, 3.05) is 39.3 Å². The molecule has 1 aromatic carbocycles. The summed E-state index contributed by atoms with van der Waals surface area (Å²) in [6.07, 6.45) is 0.286. The number of nitrogens with zero attached hydrogens (tertiary/aromatic N) is 3. The highest BCUT2D eigenvalue weighted by molar-refractivity contribution is 5.89. The topological polar surface area (TPSA) is 43.9 Å². The molecular weight excluding hydrogens is 309 g/mol. The van der Waals surface area contributed by atoms with Gasteiger partial charge in [0.2, 0.25) is 11.8 Å². The number of hydrogen-bond acceptors (Lipinski definition) is 3. The van der Waals surface area contributed by atoms with Crippen molar-refractivity contribution in [3.8, 4) is 0 Å². The number of amides is 2. The number of hydrogen-bond donors (Lipinski definition) is 0. The summed E-state index contributed by atoms with van der Waals surface area (Å²) >= 11 is 0. The van der Waals surface area contributed by atoms with Crippen LogP contribution in [0.15, 0.2) is 24.3 Å². The van der Waals surface area contributed by atoms with Gasteiger partial charge in [0.05, 0.1) is 5.92 Å². The van der Waals surface area contributed by atoms with Crippen molar-refractivity contribution < 1.29 is 14.0 Å². The monoisotopic (exact) mass is 333 g/mol. The van der Waals surface area contributed by atoms with Gasteiger partial charge in [-0.3, -0.25) is 9.59 Å². The van der Waals surface area contributed by atoms with E-state index in [1.54, 1.807) is 17.0 Å². The highest BCUT2D eigenvalue weighted by Crippen LogP contribution is 2.23. The largest absolute Gasteiger partial charge is 0.340 e. The van der Waals surface area contributed by atoms with Gasteiger partial charge in [0.1, 0.15) is 5.82 Å². The Balaban J connectivity index is 1.56. The van der Waals surface area contributed by atoms with Crippen LogP contribution in [-0.4, -0.2) is 65.8 Å². The van der Waals surface area contributed by atoms with E-state index in [9.17, 15) is 14.0 Å². The maximum absolute atomic E-state index is 13.0. The normalized spacial score (nSPS) is 22.2. The van der Waals surface area contributed by atoms with Crippen molar-refractivity contribution in [1.82, 2.24) is 14.7 Å². The Morgan fingerprint density at radius 1 is 1.17 bits per heavy atom. The van der Waals surface area contributed by atoms with Crippen LogP contribution < -0.4 is 0 Å². The third kappa shape index (κ3) is 3.75. The molecule has 6 heteroatoms. The van der Waals surface area contributed by atoms with Crippen molar-refractivity contribution in [2.24, 2.45) is 5.92 Å². The van der Waals surface area contributed by atoms with E-state index in [1.807, 2.05) is 4.90 Å². The van der Waals surface area contributed by atoms with Gasteiger partial charge in [-0.05, 0) is 24.2 Å². The van der Waals surface area contributed by atoms with E-state index >= 15 is 0 Å². The molecule has 2 saturated heterocycles. The van der Waals surface area contributed by atoms with Gasteiger partial charge in [-0.1, -0.05) is 19.1 Å². The molecule has 1 unspecified atom stereocenters. The molecule has 0 aliphatic carbocycles. The summed E-state index contributed by atoms with van der Waals surface area (Å²) in [4.78, 5) is 30.8. The maximum atomic E-state index is 13.0. The lowest BCUT2D eigenvalue weighted by Crippen LogP contribution is -2.50. The summed E-state index contributed by atoms with van der Waals surface area (Å²) in [6.45, 7) is 7.33. The summed E-state index contributed by atoms with van der Waals surface area (Å²) < 4.78 is 13.0. The van der Waals surface area contributed by atoms with E-state index in [0.717, 1.165) is 38.3 Å². The van der Waals surface area contributed by atoms with E-state index in [0.29, 0.717) is 13.1 Å². The van der Waals surface area contributed by atoms with Crippen LogP contribution in [0.4, 0.5) is 4.39 Å². The Morgan fingerprint density at radius 3 is 2.46 bits per heavy atom. The average molecular weight is 333 g/mol. The van der Waals surface area contributed by atoms with Crippen LogP contribution in [-0.2, 0) is 16.1 Å². The molecule has 24 heavy (non-hydrogen) atoms. The van der Waals surface area contributed by atoms with Gasteiger partial charge in [0.15, 0.2) is 0 Å². The third-order valence-electron chi connectivity index (χ3n) is 4.98. The number of benzene rings is 1. The predicted octanol–water partition coefficient (Wildman–Crippen LogP) is 1.34. The second-order valence-corrected chi connectivity index (χ2v) is 6.56. The molecule has 0 spiro atoms. The molecule has 1 atom stereocenters. The molecule has 2 amide bonds. The molecule has 130 valence electrons. The highest BCUT2D eigenvalue weighted by Gasteiger charge is 2.37. The molecule has 0 aromatic heterocycles. The van der Waals surface area contributed by atoms with Crippen LogP contribution >= 0.6 is 0 Å². The predicted molar refractivity (Wildman–Crippen MR) is 88.6 cm³/mol. The standard InChI is InChI=1S/C18H24FN3O2/c1-2-20-7-9-21(10-8-20)18(24)15-11-17(23)22(13-15)12-14-3-5-16(19)6-4-14/h3-6,15H,2,7-13H2,1H3. The van der Waals surface area contributed by atoms with Gasteiger partial charge in [-0.25, -0.2) is 4.39 Å². The van der Waals surface area contributed by atoms with Crippen LogP contribution in [0.1, 0.15) is 18.9 Å². The number of rotatable bonds is 4. The first kappa shape index (κ1) is 16.9. The van der Waals surface area contributed by atoms with Crippen LogP contribution in [0.5, 0.6) is 0 Å². The number of carbonyl (C=O) groups is 2. The van der Waals surface area contributed by atoms with E-state index in [-0.39, 0.29) is 30.0 Å². The van der Waals surface area contributed by atoms with E-state index < -0.39 is 0 Å². The smallest absolute Gasteiger partial charge is 0.228 e. The van der Waals surface area contributed by atoms with Gasteiger partial charge < -0.3 is 14.7 Å². The van der Waals surface area contributed by atoms with Crippen molar-refractivity contribution in [2.45, 2.75) is 19.9 Å². The van der Waals surface area contributed by atoms with Crippen LogP contribution in [0.3, 0.4) is 0 Å². The minimum absolute atomic E-state index is 0.00451. The number of halogens is 1. The Morgan fingerprint density at radius 2 is 1.83 bits per heavy atom. The average Bonchev–Trinajstić information content (AvgIpc) is 2.97. The summed E-state index contributed by atoms with van der Waals surface area (Å²) in [7, 11) is 0. The van der Waals surface area contributed by atoms with Gasteiger partial charge in [0.25, 0.3) is 0 Å². The fraction of sp³-hybridized carbons (Fsp3) is 0.556. The van der Waals surface area contributed by atoms with E-state index in [4.69, 9.17) is 0 Å². The Kier molecular flexibility index (Phi) is 5.14. The Bertz CT molecular complexity index is 597. The molecule has 0 saturated carbocycles. The molecule has 2 fully saturated rings. The molecule has 0 radical (unpaired) electrons. The summed E-state index contributed by atoms with van der Waals surface area (Å²) in [5.74, 6) is -0.428. The van der Waals surface area contributed by atoms with Gasteiger partial charge in [-0.2, -0.15) is 0 Å². The molecule has 5 nitrogen and oxygen atoms in total. The molecule has 0 N–H and O–H groups in total. The van der Waals surface area contributed by atoms with Crippen LogP contribution in [0.25, 0.3) is 0 Å². The number of piperazine rings is 1. The highest BCUT2D eigenvalue weighted by atomic mass is 19.1. The first-order valence-corrected chi connectivity index (χ1v) is 8.60. The molecule has 1 aromatic rings. The quantitative estimate of drug-likeness (QED) is 0.835. The maximum Gasteiger partial charge on any atom is 0.228 e. The van der Waals surface area contributed by atoms with Crippen LogP contribution in [0, 0.1) is 11.7 Å². The zero-order valence-electron chi connectivity index (χ0n) is 14.1. The Labute approximate surface area is 142 Å². The second kappa shape index (κ2) is 7.30. The number of likely N-dealkylation sites (N-methyl/N-ethyl adjacent to an activating group) is 1. The zero-order valence-corrected chi connectivity index (χ0v) is 14.1. The van der Waals surface area contributed by atoms with Crippen LogP contribution in [0.2, 0.25) is 0 Å². The van der Waals surface area contributed by atoms with Crippen molar-refractivity contribution in [1.29, 1.82) is 0 Å². The SMILES string of the molecule is CCN1CCN(C(=O)C2CC(=O)N(Cc3ccc(F)cc3)C2)CC1. The third-order valence-corrected chi connectivity index (χ3v) is 4.98. The zero-order chi connectivity index (χ0) is 17.1. The fourth-order valence-electron chi connectivity index (χ4n) is 3.44. The first-order valence-electron chi connectivity index (χ1n) is 8.60. The van der Waals surface area contributed by atoms with Crippen molar-refractivity contribution >= 4 is 11.8 Å². The summed E-state index contributed by atoms with van der Waals surface area (Å²) in [5.41, 5.74) is 0.884. The number of carbonyl (C=O) groups excluding carboxylic acids is 2. The van der Waals surface area contributed by atoms with Gasteiger partial charge in [-0.15, -0.1) is 0 Å². The molecule has 2 aliphatic heterocycles. The van der Waals surface area contributed by atoms with Gasteiger partial charge in [0, 0.05) is 45.7 Å². The lowest BCUT2D eigenvalue weighted by molar-refractivity contribution is -0.137. The first-order chi connectivity index (χ1) is 11.6. The molecule has 0 bridgehead atoms. The van der Waals surface area contributed by atoms with Crippen molar-refractivity contribution in [3.05, 3.63) is 35.6 Å². The Hall–Kier alpha value is -1.95. The molecule has 2 aliphatic rings. The minimum atomic E-state index is -0.286. The van der Waals surface area contributed by atoms with E-state index in [1.165, 1.54) is 12.1 Å². The summed E-state index contributed by atoms with van der Waals surface area (Å²) in [6, 6.07) is 6.15. The van der Waals surface area contributed by atoms with Crippen molar-refractivity contribution in [3.63, 3.8) is 0 Å². The lowest BCUT2D eigenvalue weighted by Gasteiger charge is -2.35. The fourth-order valence-corrected chi connectivity index (χ4v) is 3.44. The lowest BCUT2D eigenvalue weighted by atomic mass is 10.1. The van der Waals surface area contributed by atoms with E-state index in [2.05, 4.69) is 11.8 Å². The molecule has 3 rings (SSSR count). The molecular formula is C18H24FN3O2. The summed E-state index contributed by atoms with van der Waals surface area (Å²) in [5, 5.41) is 0. The minimum Gasteiger partial charge on any atom is -0.340 e. The molecule has 2 heterocycles. The van der Waals surface area contributed by atoms with Gasteiger partial charge >= 0.3 is 0 Å². The number of likely N-dealkylation sites (tertiary alicyclic amines) is 1.